The quantitative estimate of drug-likeness (QED) is 0.411. The maximum atomic E-state index is 5.47. The van der Waals surface area contributed by atoms with Crippen molar-refractivity contribution in [2.24, 2.45) is 4.99 Å². The second kappa shape index (κ2) is 11.7. The third-order valence-electron chi connectivity index (χ3n) is 4.19. The Morgan fingerprint density at radius 3 is 2.68 bits per heavy atom. The molecule has 140 valence electrons. The van der Waals surface area contributed by atoms with E-state index in [9.17, 15) is 0 Å². The molecule has 0 radical (unpaired) electrons. The number of rotatable bonds is 9. The van der Waals surface area contributed by atoms with E-state index in [0.717, 1.165) is 63.9 Å². The van der Waals surface area contributed by atoms with Crippen LogP contribution in [0, 0.1) is 0 Å². The topological polar surface area (TPSA) is 62.2 Å². The Bertz CT molecular complexity index is 489. The number of hydrogen-bond acceptors (Lipinski definition) is 5. The Kier molecular flexibility index (Phi) is 9.07. The highest BCUT2D eigenvalue weighted by molar-refractivity contribution is 5.80. The number of unbranched alkanes of at least 4 members (excludes halogenated alkanes) is 1. The number of ether oxygens (including phenoxy) is 2. The van der Waals surface area contributed by atoms with Gasteiger partial charge >= 0.3 is 0 Å². The van der Waals surface area contributed by atoms with Crippen LogP contribution in [-0.4, -0.2) is 82.5 Å². The van der Waals surface area contributed by atoms with E-state index in [4.69, 9.17) is 9.47 Å². The number of methoxy groups -OCH3 is 1. The molecule has 1 aliphatic rings. The van der Waals surface area contributed by atoms with Crippen LogP contribution in [0.3, 0.4) is 0 Å². The predicted molar refractivity (Wildman–Crippen MR) is 101 cm³/mol. The molecular formula is C18H31N5O2. The van der Waals surface area contributed by atoms with Crippen molar-refractivity contribution in [2.75, 3.05) is 71.6 Å². The molecule has 0 spiro atoms. The number of anilines is 1. The molecule has 0 aromatic carbocycles. The van der Waals surface area contributed by atoms with Gasteiger partial charge in [-0.25, -0.2) is 4.98 Å². The maximum absolute atomic E-state index is 5.47. The third kappa shape index (κ3) is 6.88. The number of nitrogens with zero attached hydrogens (tertiary/aromatic N) is 4. The second-order valence-electron chi connectivity index (χ2n) is 5.95. The Balaban J connectivity index is 1.62. The van der Waals surface area contributed by atoms with E-state index in [1.165, 1.54) is 0 Å². The van der Waals surface area contributed by atoms with E-state index < -0.39 is 0 Å². The predicted octanol–water partition coefficient (Wildman–Crippen LogP) is 1.22. The minimum atomic E-state index is 0.662. The lowest BCUT2D eigenvalue weighted by Crippen LogP contribution is -2.52. The molecule has 1 saturated heterocycles. The zero-order chi connectivity index (χ0) is 17.7. The molecule has 0 amide bonds. The third-order valence-corrected chi connectivity index (χ3v) is 4.19. The van der Waals surface area contributed by atoms with Crippen LogP contribution in [0.2, 0.25) is 0 Å². The fourth-order valence-electron chi connectivity index (χ4n) is 2.79. The fraction of sp³-hybridized carbons (Fsp3) is 0.667. The molecule has 7 heteroatoms. The van der Waals surface area contributed by atoms with Gasteiger partial charge in [-0.3, -0.25) is 4.99 Å². The number of piperazine rings is 1. The summed E-state index contributed by atoms with van der Waals surface area (Å²) in [4.78, 5) is 13.5. The van der Waals surface area contributed by atoms with Crippen LogP contribution < -0.4 is 10.2 Å². The summed E-state index contributed by atoms with van der Waals surface area (Å²) >= 11 is 0. The molecule has 1 aliphatic heterocycles. The van der Waals surface area contributed by atoms with Crippen LogP contribution in [0.15, 0.2) is 29.4 Å². The average Bonchev–Trinajstić information content (AvgIpc) is 2.68. The van der Waals surface area contributed by atoms with Crippen molar-refractivity contribution in [3.05, 3.63) is 24.4 Å². The van der Waals surface area contributed by atoms with Gasteiger partial charge in [-0.15, -0.1) is 0 Å². The number of hydrogen-bond donors (Lipinski definition) is 1. The smallest absolute Gasteiger partial charge is 0.193 e. The van der Waals surface area contributed by atoms with Gasteiger partial charge in [0, 0.05) is 59.7 Å². The Morgan fingerprint density at radius 2 is 2.00 bits per heavy atom. The highest BCUT2D eigenvalue weighted by Gasteiger charge is 2.19. The fourth-order valence-corrected chi connectivity index (χ4v) is 2.79. The van der Waals surface area contributed by atoms with Crippen LogP contribution in [0.4, 0.5) is 5.82 Å². The molecule has 25 heavy (non-hydrogen) atoms. The molecule has 0 aliphatic carbocycles. The first-order valence-electron chi connectivity index (χ1n) is 9.03. The largest absolute Gasteiger partial charge is 0.382 e. The highest BCUT2D eigenvalue weighted by atomic mass is 16.5. The molecule has 1 aromatic heterocycles. The SMILES string of the molecule is CN=C(NCCCCOCCOC)N1CCN(c2ccccn2)CC1. The lowest BCUT2D eigenvalue weighted by atomic mass is 10.3. The van der Waals surface area contributed by atoms with Gasteiger partial charge in [0.1, 0.15) is 5.82 Å². The number of pyridine rings is 1. The molecule has 0 atom stereocenters. The number of aromatic nitrogens is 1. The minimum Gasteiger partial charge on any atom is -0.382 e. The molecule has 0 unspecified atom stereocenters. The second-order valence-corrected chi connectivity index (χ2v) is 5.95. The number of aliphatic imine (C=N–C) groups is 1. The van der Waals surface area contributed by atoms with Crippen molar-refractivity contribution < 1.29 is 9.47 Å². The van der Waals surface area contributed by atoms with Gasteiger partial charge in [-0.2, -0.15) is 0 Å². The molecule has 2 rings (SSSR count). The van der Waals surface area contributed by atoms with Gasteiger partial charge in [0.2, 0.25) is 0 Å². The van der Waals surface area contributed by atoms with Gasteiger partial charge in [-0.1, -0.05) is 6.07 Å². The van der Waals surface area contributed by atoms with Crippen LogP contribution in [-0.2, 0) is 9.47 Å². The number of guanidine groups is 1. The van der Waals surface area contributed by atoms with Gasteiger partial charge in [0.15, 0.2) is 5.96 Å². The van der Waals surface area contributed by atoms with Crippen LogP contribution in [0.1, 0.15) is 12.8 Å². The van der Waals surface area contributed by atoms with Crippen LogP contribution in [0.5, 0.6) is 0 Å². The number of nitrogens with one attached hydrogen (secondary N) is 1. The summed E-state index contributed by atoms with van der Waals surface area (Å²) < 4.78 is 10.4. The molecular weight excluding hydrogens is 318 g/mol. The van der Waals surface area contributed by atoms with E-state index >= 15 is 0 Å². The van der Waals surface area contributed by atoms with Crippen LogP contribution in [0.25, 0.3) is 0 Å². The van der Waals surface area contributed by atoms with Gasteiger partial charge in [-0.05, 0) is 25.0 Å². The minimum absolute atomic E-state index is 0.662. The first-order chi connectivity index (χ1) is 12.3. The Labute approximate surface area is 151 Å². The van der Waals surface area contributed by atoms with E-state index in [2.05, 4.69) is 31.2 Å². The van der Waals surface area contributed by atoms with Crippen molar-refractivity contribution >= 4 is 11.8 Å². The first kappa shape index (κ1) is 19.5. The molecule has 0 bridgehead atoms. The summed E-state index contributed by atoms with van der Waals surface area (Å²) in [6, 6.07) is 6.06. The normalized spacial score (nSPS) is 15.5. The van der Waals surface area contributed by atoms with Gasteiger partial charge in [0.25, 0.3) is 0 Å². The monoisotopic (exact) mass is 349 g/mol. The maximum Gasteiger partial charge on any atom is 0.193 e. The summed E-state index contributed by atoms with van der Waals surface area (Å²) in [5.74, 6) is 2.04. The zero-order valence-corrected chi connectivity index (χ0v) is 15.5. The zero-order valence-electron chi connectivity index (χ0n) is 15.5. The summed E-state index contributed by atoms with van der Waals surface area (Å²) in [5.41, 5.74) is 0. The molecule has 2 heterocycles. The summed E-state index contributed by atoms with van der Waals surface area (Å²) in [7, 11) is 3.54. The van der Waals surface area contributed by atoms with Gasteiger partial charge < -0.3 is 24.6 Å². The van der Waals surface area contributed by atoms with Crippen molar-refractivity contribution in [3.8, 4) is 0 Å². The molecule has 1 N–H and O–H groups in total. The van der Waals surface area contributed by atoms with E-state index in [-0.39, 0.29) is 0 Å². The molecule has 1 aromatic rings. The lowest BCUT2D eigenvalue weighted by molar-refractivity contribution is 0.0689. The Hall–Kier alpha value is -1.86. The van der Waals surface area contributed by atoms with Crippen molar-refractivity contribution in [1.29, 1.82) is 0 Å². The summed E-state index contributed by atoms with van der Waals surface area (Å²) in [6.07, 6.45) is 3.96. The highest BCUT2D eigenvalue weighted by Crippen LogP contribution is 2.12. The van der Waals surface area contributed by atoms with E-state index in [1.54, 1.807) is 7.11 Å². The lowest BCUT2D eigenvalue weighted by Gasteiger charge is -2.37. The van der Waals surface area contributed by atoms with E-state index in [0.29, 0.717) is 13.2 Å². The van der Waals surface area contributed by atoms with Crippen molar-refractivity contribution in [1.82, 2.24) is 15.2 Å². The van der Waals surface area contributed by atoms with Crippen molar-refractivity contribution in [3.63, 3.8) is 0 Å². The van der Waals surface area contributed by atoms with Crippen LogP contribution >= 0.6 is 0 Å². The van der Waals surface area contributed by atoms with Gasteiger partial charge in [0.05, 0.1) is 13.2 Å². The summed E-state index contributed by atoms with van der Waals surface area (Å²) in [5, 5.41) is 3.46. The molecule has 1 fully saturated rings. The van der Waals surface area contributed by atoms with E-state index in [1.807, 2.05) is 25.4 Å². The summed E-state index contributed by atoms with van der Waals surface area (Å²) in [6.45, 7) is 6.87. The standard InChI is InChI=1S/C18H31N5O2/c1-19-18(21-9-5-6-14-25-16-15-24-2)23-12-10-22(11-13-23)17-7-3-4-8-20-17/h3-4,7-8H,5-6,9-16H2,1-2H3,(H,19,21). The molecule has 7 nitrogen and oxygen atoms in total. The first-order valence-corrected chi connectivity index (χ1v) is 9.03. The van der Waals surface area contributed by atoms with Crippen molar-refractivity contribution in [2.45, 2.75) is 12.8 Å². The average molecular weight is 349 g/mol. The Morgan fingerprint density at radius 1 is 1.16 bits per heavy atom. The molecule has 0 saturated carbocycles.